The van der Waals surface area contributed by atoms with Crippen LogP contribution in [0.4, 0.5) is 4.39 Å². The summed E-state index contributed by atoms with van der Waals surface area (Å²) in [6.45, 7) is 1.94. The highest BCUT2D eigenvalue weighted by Gasteiger charge is 2.42. The molecular formula is C19H27FN2O4S. The van der Waals surface area contributed by atoms with E-state index in [4.69, 9.17) is 4.74 Å². The van der Waals surface area contributed by atoms with Gasteiger partial charge in [-0.15, -0.1) is 0 Å². The predicted octanol–water partition coefficient (Wildman–Crippen LogP) is 2.05. The fourth-order valence-corrected chi connectivity index (χ4v) is 4.86. The summed E-state index contributed by atoms with van der Waals surface area (Å²) in [4.78, 5) is 12.3. The van der Waals surface area contributed by atoms with Crippen molar-refractivity contribution in [3.05, 3.63) is 35.6 Å². The fourth-order valence-electron chi connectivity index (χ4n) is 4.01. The van der Waals surface area contributed by atoms with Gasteiger partial charge in [0.15, 0.2) is 0 Å². The van der Waals surface area contributed by atoms with Gasteiger partial charge in [-0.3, -0.25) is 4.79 Å². The molecule has 6 nitrogen and oxygen atoms in total. The zero-order valence-corrected chi connectivity index (χ0v) is 16.4. The molecular weight excluding hydrogens is 371 g/mol. The summed E-state index contributed by atoms with van der Waals surface area (Å²) in [6, 6.07) is 6.09. The van der Waals surface area contributed by atoms with Gasteiger partial charge in [0.05, 0.1) is 11.9 Å². The predicted molar refractivity (Wildman–Crippen MR) is 99.9 cm³/mol. The van der Waals surface area contributed by atoms with Crippen LogP contribution in [0.25, 0.3) is 0 Å². The number of amides is 1. The second kappa shape index (κ2) is 8.24. The van der Waals surface area contributed by atoms with E-state index in [1.165, 1.54) is 22.7 Å². The molecule has 2 heterocycles. The molecule has 150 valence electrons. The van der Waals surface area contributed by atoms with E-state index in [9.17, 15) is 17.6 Å². The summed E-state index contributed by atoms with van der Waals surface area (Å²) in [7, 11) is -3.16. The number of piperidine rings is 1. The second-order valence-corrected chi connectivity index (χ2v) is 9.64. The number of rotatable bonds is 5. The number of ether oxygens (including phenoxy) is 1. The Morgan fingerprint density at radius 3 is 2.59 bits per heavy atom. The second-order valence-electron chi connectivity index (χ2n) is 7.66. The van der Waals surface area contributed by atoms with E-state index in [1.54, 1.807) is 12.1 Å². The molecule has 1 amide bonds. The average Bonchev–Trinajstić information content (AvgIpc) is 2.61. The first-order valence-electron chi connectivity index (χ1n) is 9.36. The summed E-state index contributed by atoms with van der Waals surface area (Å²) in [6.07, 6.45) is 4.64. The highest BCUT2D eigenvalue weighted by atomic mass is 32.2. The molecule has 2 fully saturated rings. The molecule has 1 unspecified atom stereocenters. The monoisotopic (exact) mass is 398 g/mol. The van der Waals surface area contributed by atoms with Crippen LogP contribution in [-0.4, -0.2) is 50.2 Å². The van der Waals surface area contributed by atoms with Gasteiger partial charge in [-0.25, -0.2) is 17.1 Å². The van der Waals surface area contributed by atoms with Crippen molar-refractivity contribution in [2.24, 2.45) is 5.92 Å². The zero-order chi connectivity index (χ0) is 19.5. The normalized spacial score (nSPS) is 23.3. The van der Waals surface area contributed by atoms with Crippen LogP contribution >= 0.6 is 0 Å². The van der Waals surface area contributed by atoms with Crippen LogP contribution in [-0.2, 0) is 26.1 Å². The number of nitrogens with one attached hydrogen (secondary N) is 1. The molecule has 8 heteroatoms. The van der Waals surface area contributed by atoms with Crippen molar-refractivity contribution < 1.29 is 22.3 Å². The van der Waals surface area contributed by atoms with Crippen LogP contribution in [0.1, 0.15) is 37.7 Å². The standard InChI is InChI=1S/C19H27FN2O4S/c1-27(24,25)22-9-7-19(8-10-22)13-16(6-11-26-19)12-18(23)21-14-15-2-4-17(20)5-3-15/h2-5,16H,6-14H2,1H3,(H,21,23). The minimum Gasteiger partial charge on any atom is -0.375 e. The molecule has 1 spiro atoms. The third-order valence-electron chi connectivity index (χ3n) is 5.57. The van der Waals surface area contributed by atoms with Gasteiger partial charge in [0.2, 0.25) is 15.9 Å². The molecule has 0 radical (unpaired) electrons. The molecule has 0 aromatic heterocycles. The summed E-state index contributed by atoms with van der Waals surface area (Å²) >= 11 is 0. The molecule has 0 bridgehead atoms. The zero-order valence-electron chi connectivity index (χ0n) is 15.6. The third kappa shape index (κ3) is 5.49. The van der Waals surface area contributed by atoms with Gasteiger partial charge >= 0.3 is 0 Å². The molecule has 2 aliphatic rings. The lowest BCUT2D eigenvalue weighted by Crippen LogP contribution is -2.50. The van der Waals surface area contributed by atoms with Gasteiger partial charge in [0.25, 0.3) is 0 Å². The first kappa shape index (κ1) is 20.2. The highest BCUT2D eigenvalue weighted by Crippen LogP contribution is 2.39. The summed E-state index contributed by atoms with van der Waals surface area (Å²) < 4.78 is 43.8. The van der Waals surface area contributed by atoms with Crippen molar-refractivity contribution in [1.82, 2.24) is 9.62 Å². The molecule has 0 aliphatic carbocycles. The third-order valence-corrected chi connectivity index (χ3v) is 6.88. The Morgan fingerprint density at radius 2 is 1.96 bits per heavy atom. The lowest BCUT2D eigenvalue weighted by molar-refractivity contribution is -0.132. The number of hydrogen-bond donors (Lipinski definition) is 1. The molecule has 2 saturated heterocycles. The number of nitrogens with zero attached hydrogens (tertiary/aromatic N) is 1. The van der Waals surface area contributed by atoms with E-state index in [0.29, 0.717) is 45.5 Å². The van der Waals surface area contributed by atoms with Crippen LogP contribution < -0.4 is 5.32 Å². The molecule has 27 heavy (non-hydrogen) atoms. The summed E-state index contributed by atoms with van der Waals surface area (Å²) in [5.41, 5.74) is 0.558. The van der Waals surface area contributed by atoms with E-state index in [2.05, 4.69) is 5.32 Å². The maximum Gasteiger partial charge on any atom is 0.220 e. The van der Waals surface area contributed by atoms with Gasteiger partial charge in [-0.05, 0) is 49.3 Å². The van der Waals surface area contributed by atoms with Crippen molar-refractivity contribution in [3.8, 4) is 0 Å². The summed E-state index contributed by atoms with van der Waals surface area (Å²) in [5, 5.41) is 2.89. The quantitative estimate of drug-likeness (QED) is 0.824. The first-order chi connectivity index (χ1) is 12.8. The van der Waals surface area contributed by atoms with Crippen molar-refractivity contribution in [2.45, 2.75) is 44.2 Å². The lowest BCUT2D eigenvalue weighted by atomic mass is 9.78. The number of benzene rings is 1. The first-order valence-corrected chi connectivity index (χ1v) is 11.2. The van der Waals surface area contributed by atoms with Crippen LogP contribution in [0, 0.1) is 11.7 Å². The fraction of sp³-hybridized carbons (Fsp3) is 0.632. The maximum absolute atomic E-state index is 12.9. The van der Waals surface area contributed by atoms with Gasteiger partial charge in [0.1, 0.15) is 5.82 Å². The van der Waals surface area contributed by atoms with Crippen LogP contribution in [0.3, 0.4) is 0 Å². The molecule has 1 N–H and O–H groups in total. The van der Waals surface area contributed by atoms with Crippen molar-refractivity contribution in [3.63, 3.8) is 0 Å². The van der Waals surface area contributed by atoms with Crippen molar-refractivity contribution >= 4 is 15.9 Å². The van der Waals surface area contributed by atoms with Gasteiger partial charge in [-0.2, -0.15) is 0 Å². The van der Waals surface area contributed by atoms with Gasteiger partial charge in [0, 0.05) is 32.7 Å². The molecule has 1 atom stereocenters. The van der Waals surface area contributed by atoms with Crippen molar-refractivity contribution in [2.75, 3.05) is 26.0 Å². The van der Waals surface area contributed by atoms with E-state index in [1.807, 2.05) is 0 Å². The number of carbonyl (C=O) groups is 1. The number of halogens is 1. The molecule has 0 saturated carbocycles. The molecule has 2 aliphatic heterocycles. The molecule has 1 aromatic rings. The van der Waals surface area contributed by atoms with Crippen LogP contribution in [0.15, 0.2) is 24.3 Å². The number of hydrogen-bond acceptors (Lipinski definition) is 4. The van der Waals surface area contributed by atoms with Gasteiger partial charge < -0.3 is 10.1 Å². The molecule has 3 rings (SSSR count). The Kier molecular flexibility index (Phi) is 6.18. The Hall–Kier alpha value is -1.51. The van der Waals surface area contributed by atoms with E-state index in [-0.39, 0.29) is 23.2 Å². The summed E-state index contributed by atoms with van der Waals surface area (Å²) in [5.74, 6) is -0.0776. The number of carbonyl (C=O) groups excluding carboxylic acids is 1. The van der Waals surface area contributed by atoms with Crippen molar-refractivity contribution in [1.29, 1.82) is 0 Å². The largest absolute Gasteiger partial charge is 0.375 e. The highest BCUT2D eigenvalue weighted by molar-refractivity contribution is 7.88. The minimum atomic E-state index is -3.16. The Balaban J connectivity index is 1.48. The van der Waals surface area contributed by atoms with E-state index in [0.717, 1.165) is 18.4 Å². The van der Waals surface area contributed by atoms with Crippen LogP contribution in [0.5, 0.6) is 0 Å². The average molecular weight is 399 g/mol. The van der Waals surface area contributed by atoms with E-state index >= 15 is 0 Å². The van der Waals surface area contributed by atoms with E-state index < -0.39 is 10.0 Å². The Morgan fingerprint density at radius 1 is 1.30 bits per heavy atom. The smallest absolute Gasteiger partial charge is 0.220 e. The topological polar surface area (TPSA) is 75.7 Å². The Bertz CT molecular complexity index is 758. The number of sulfonamides is 1. The minimum absolute atomic E-state index is 0.0186. The molecule has 1 aromatic carbocycles. The maximum atomic E-state index is 12.9. The van der Waals surface area contributed by atoms with Gasteiger partial charge in [-0.1, -0.05) is 12.1 Å². The SMILES string of the molecule is CS(=O)(=O)N1CCC2(CC1)CC(CC(=O)NCc1ccc(F)cc1)CCO2. The van der Waals surface area contributed by atoms with Crippen LogP contribution in [0.2, 0.25) is 0 Å². The Labute approximate surface area is 160 Å². The lowest BCUT2D eigenvalue weighted by Gasteiger charge is -2.45.